The standard InChI is InChI=1S/C12H14ClN3O/c1-17-9-8-16-7-6-14-12(16)15-11-4-2-10(13)3-5-11/h2-7H,8-9H2,1H3,(H,14,15). The molecule has 0 fully saturated rings. The number of hydrogen-bond acceptors (Lipinski definition) is 3. The van der Waals surface area contributed by atoms with Crippen LogP contribution in [-0.4, -0.2) is 23.3 Å². The van der Waals surface area contributed by atoms with Crippen molar-refractivity contribution in [3.63, 3.8) is 0 Å². The molecule has 2 aromatic rings. The van der Waals surface area contributed by atoms with Gasteiger partial charge in [0.15, 0.2) is 0 Å². The average Bonchev–Trinajstić information content (AvgIpc) is 2.77. The number of nitrogens with one attached hydrogen (secondary N) is 1. The van der Waals surface area contributed by atoms with Crippen molar-refractivity contribution < 1.29 is 4.74 Å². The highest BCUT2D eigenvalue weighted by Gasteiger charge is 2.02. The highest BCUT2D eigenvalue weighted by Crippen LogP contribution is 2.17. The lowest BCUT2D eigenvalue weighted by atomic mass is 10.3. The maximum absolute atomic E-state index is 5.83. The van der Waals surface area contributed by atoms with Gasteiger partial charge >= 0.3 is 0 Å². The zero-order valence-corrected chi connectivity index (χ0v) is 10.3. The molecule has 0 spiro atoms. The summed E-state index contributed by atoms with van der Waals surface area (Å²) in [6.07, 6.45) is 3.67. The molecule has 4 nitrogen and oxygen atoms in total. The second-order valence-corrected chi connectivity index (χ2v) is 4.01. The van der Waals surface area contributed by atoms with Gasteiger partial charge in [0.25, 0.3) is 0 Å². The molecule has 5 heteroatoms. The van der Waals surface area contributed by atoms with Crippen LogP contribution in [0.1, 0.15) is 0 Å². The van der Waals surface area contributed by atoms with E-state index < -0.39 is 0 Å². The Morgan fingerprint density at radius 2 is 2.12 bits per heavy atom. The smallest absolute Gasteiger partial charge is 0.207 e. The first-order valence-electron chi connectivity index (χ1n) is 5.32. The third-order valence-electron chi connectivity index (χ3n) is 2.35. The zero-order valence-electron chi connectivity index (χ0n) is 9.56. The second kappa shape index (κ2) is 5.70. The van der Waals surface area contributed by atoms with Gasteiger partial charge in [-0.05, 0) is 24.3 Å². The van der Waals surface area contributed by atoms with Crippen molar-refractivity contribution >= 4 is 23.2 Å². The maximum atomic E-state index is 5.83. The minimum atomic E-state index is 0.658. The van der Waals surface area contributed by atoms with E-state index in [9.17, 15) is 0 Å². The van der Waals surface area contributed by atoms with E-state index in [1.165, 1.54) is 0 Å². The Hall–Kier alpha value is -1.52. The molecule has 0 bridgehead atoms. The maximum Gasteiger partial charge on any atom is 0.207 e. The van der Waals surface area contributed by atoms with Gasteiger partial charge in [-0.3, -0.25) is 0 Å². The summed E-state index contributed by atoms with van der Waals surface area (Å²) in [5, 5.41) is 3.95. The second-order valence-electron chi connectivity index (χ2n) is 3.57. The number of nitrogens with zero attached hydrogens (tertiary/aromatic N) is 2. The summed E-state index contributed by atoms with van der Waals surface area (Å²) in [6.45, 7) is 1.43. The average molecular weight is 252 g/mol. The van der Waals surface area contributed by atoms with Gasteiger partial charge in [-0.2, -0.15) is 0 Å². The van der Waals surface area contributed by atoms with E-state index in [-0.39, 0.29) is 0 Å². The van der Waals surface area contributed by atoms with E-state index in [1.54, 1.807) is 13.3 Å². The van der Waals surface area contributed by atoms with Crippen molar-refractivity contribution in [1.82, 2.24) is 9.55 Å². The fraction of sp³-hybridized carbons (Fsp3) is 0.250. The zero-order chi connectivity index (χ0) is 12.1. The van der Waals surface area contributed by atoms with Crippen LogP contribution in [0.15, 0.2) is 36.7 Å². The number of rotatable bonds is 5. The Labute approximate surface area is 105 Å². The number of ether oxygens (including phenoxy) is 1. The first kappa shape index (κ1) is 12.0. The van der Waals surface area contributed by atoms with Crippen molar-refractivity contribution in [2.75, 3.05) is 19.0 Å². The van der Waals surface area contributed by atoms with E-state index in [0.717, 1.165) is 23.2 Å². The third kappa shape index (κ3) is 3.22. The molecular weight excluding hydrogens is 238 g/mol. The summed E-state index contributed by atoms with van der Waals surface area (Å²) in [6, 6.07) is 7.51. The van der Waals surface area contributed by atoms with E-state index >= 15 is 0 Å². The van der Waals surface area contributed by atoms with Gasteiger partial charge in [-0.1, -0.05) is 11.6 Å². The molecule has 1 N–H and O–H groups in total. The molecule has 0 aliphatic rings. The summed E-state index contributed by atoms with van der Waals surface area (Å²) in [5.41, 5.74) is 0.958. The quantitative estimate of drug-likeness (QED) is 0.888. The summed E-state index contributed by atoms with van der Waals surface area (Å²) in [7, 11) is 1.68. The molecule has 0 atom stereocenters. The van der Waals surface area contributed by atoms with Crippen LogP contribution in [0.3, 0.4) is 0 Å². The van der Waals surface area contributed by atoms with Crippen LogP contribution in [0.4, 0.5) is 11.6 Å². The van der Waals surface area contributed by atoms with Crippen LogP contribution in [0.25, 0.3) is 0 Å². The van der Waals surface area contributed by atoms with Crippen LogP contribution in [0.2, 0.25) is 5.02 Å². The minimum absolute atomic E-state index is 0.658. The van der Waals surface area contributed by atoms with Crippen LogP contribution in [0.5, 0.6) is 0 Å². The van der Waals surface area contributed by atoms with E-state index in [2.05, 4.69) is 10.3 Å². The molecule has 0 saturated carbocycles. The Morgan fingerprint density at radius 1 is 1.35 bits per heavy atom. The summed E-state index contributed by atoms with van der Waals surface area (Å²) >= 11 is 5.83. The molecule has 1 heterocycles. The van der Waals surface area contributed by atoms with E-state index in [1.807, 2.05) is 35.0 Å². The number of halogens is 1. The Balaban J connectivity index is 2.07. The molecule has 1 aromatic heterocycles. The van der Waals surface area contributed by atoms with Crippen molar-refractivity contribution in [3.05, 3.63) is 41.7 Å². The van der Waals surface area contributed by atoms with E-state index in [4.69, 9.17) is 16.3 Å². The topological polar surface area (TPSA) is 39.1 Å². The molecule has 0 radical (unpaired) electrons. The molecule has 1 aromatic carbocycles. The first-order valence-corrected chi connectivity index (χ1v) is 5.70. The molecule has 17 heavy (non-hydrogen) atoms. The van der Waals surface area contributed by atoms with Crippen molar-refractivity contribution in [1.29, 1.82) is 0 Å². The van der Waals surface area contributed by atoms with Crippen LogP contribution < -0.4 is 5.32 Å². The van der Waals surface area contributed by atoms with Gasteiger partial charge in [0, 0.05) is 36.8 Å². The molecule has 2 rings (SSSR count). The van der Waals surface area contributed by atoms with Crippen LogP contribution in [0, 0.1) is 0 Å². The van der Waals surface area contributed by atoms with Gasteiger partial charge in [-0.25, -0.2) is 4.98 Å². The lowest BCUT2D eigenvalue weighted by Crippen LogP contribution is -2.07. The first-order chi connectivity index (χ1) is 8.29. The molecular formula is C12H14ClN3O. The monoisotopic (exact) mass is 251 g/mol. The van der Waals surface area contributed by atoms with Crippen LogP contribution in [-0.2, 0) is 11.3 Å². The number of aromatic nitrogens is 2. The summed E-state index contributed by atoms with van der Waals surface area (Å²) < 4.78 is 7.04. The number of benzene rings is 1. The van der Waals surface area contributed by atoms with Crippen molar-refractivity contribution in [2.45, 2.75) is 6.54 Å². The summed E-state index contributed by atoms with van der Waals surface area (Å²) in [4.78, 5) is 4.25. The Kier molecular flexibility index (Phi) is 4.01. The molecule has 90 valence electrons. The predicted octanol–water partition coefficient (Wildman–Crippen LogP) is 2.93. The molecule has 0 unspecified atom stereocenters. The Morgan fingerprint density at radius 3 is 2.82 bits per heavy atom. The van der Waals surface area contributed by atoms with Crippen molar-refractivity contribution in [3.8, 4) is 0 Å². The highest BCUT2D eigenvalue weighted by molar-refractivity contribution is 6.30. The minimum Gasteiger partial charge on any atom is -0.383 e. The molecule has 0 aliphatic carbocycles. The van der Waals surface area contributed by atoms with E-state index in [0.29, 0.717) is 6.61 Å². The van der Waals surface area contributed by atoms with Crippen LogP contribution >= 0.6 is 11.6 Å². The van der Waals surface area contributed by atoms with Crippen molar-refractivity contribution in [2.24, 2.45) is 0 Å². The van der Waals surface area contributed by atoms with Gasteiger partial charge < -0.3 is 14.6 Å². The molecule has 0 saturated heterocycles. The number of hydrogen-bond donors (Lipinski definition) is 1. The molecule has 0 aliphatic heterocycles. The Bertz CT molecular complexity index is 467. The number of anilines is 2. The SMILES string of the molecule is COCCn1ccnc1Nc1ccc(Cl)cc1. The lowest BCUT2D eigenvalue weighted by Gasteiger charge is -2.09. The predicted molar refractivity (Wildman–Crippen MR) is 68.8 cm³/mol. The fourth-order valence-corrected chi connectivity index (χ4v) is 1.59. The lowest BCUT2D eigenvalue weighted by molar-refractivity contribution is 0.188. The number of methoxy groups -OCH3 is 1. The summed E-state index contributed by atoms with van der Waals surface area (Å²) in [5.74, 6) is 0.796. The van der Waals surface area contributed by atoms with Gasteiger partial charge in [0.1, 0.15) is 0 Å². The van der Waals surface area contributed by atoms with Gasteiger partial charge in [0.05, 0.1) is 6.61 Å². The normalized spacial score (nSPS) is 10.5. The van der Waals surface area contributed by atoms with Gasteiger partial charge in [-0.15, -0.1) is 0 Å². The van der Waals surface area contributed by atoms with Gasteiger partial charge in [0.2, 0.25) is 5.95 Å². The highest BCUT2D eigenvalue weighted by atomic mass is 35.5. The fourth-order valence-electron chi connectivity index (χ4n) is 1.47. The molecule has 0 amide bonds. The third-order valence-corrected chi connectivity index (χ3v) is 2.60. The number of imidazole rings is 1. The largest absolute Gasteiger partial charge is 0.383 e.